The number of alkyl halides is 6. The number of amides is 2. The van der Waals surface area contributed by atoms with Crippen molar-refractivity contribution in [3.63, 3.8) is 0 Å². The number of hydrogen-bond acceptors (Lipinski definition) is 4. The van der Waals surface area contributed by atoms with Gasteiger partial charge in [-0.15, -0.1) is 0 Å². The van der Waals surface area contributed by atoms with Crippen LogP contribution in [0.4, 0.5) is 71.8 Å². The van der Waals surface area contributed by atoms with Crippen LogP contribution in [0.2, 0.25) is 0 Å². The molecular weight excluding hydrogens is 730 g/mol. The van der Waals surface area contributed by atoms with Gasteiger partial charge in [0.2, 0.25) is 11.8 Å². The summed E-state index contributed by atoms with van der Waals surface area (Å²) in [6, 6.07) is 27.2. The highest BCUT2D eigenvalue weighted by Gasteiger charge is 2.43. The molecule has 2 heterocycles. The van der Waals surface area contributed by atoms with Crippen LogP contribution in [0.1, 0.15) is 63.8 Å². The Morgan fingerprint density at radius 1 is 0.464 bits per heavy atom. The summed E-state index contributed by atoms with van der Waals surface area (Å²) in [5.41, 5.74) is 0.134. The van der Waals surface area contributed by atoms with E-state index in [1.807, 2.05) is 65.8 Å². The first kappa shape index (κ1) is 38.5. The zero-order valence-electron chi connectivity index (χ0n) is 31.7. The van der Waals surface area contributed by atoms with E-state index in [4.69, 9.17) is 0 Å². The van der Waals surface area contributed by atoms with Gasteiger partial charge in [0, 0.05) is 11.4 Å². The van der Waals surface area contributed by atoms with Gasteiger partial charge < -0.3 is 9.80 Å². The molecule has 0 radical (unpaired) electrons. The first-order chi connectivity index (χ1) is 26.1. The van der Waals surface area contributed by atoms with E-state index in [1.165, 1.54) is 68.1 Å². The highest BCUT2D eigenvalue weighted by Crippen LogP contribution is 2.54. The predicted octanol–water partition coefficient (Wildman–Crippen LogP) is 12.0. The first-order valence-electron chi connectivity index (χ1n) is 18.1. The van der Waals surface area contributed by atoms with E-state index in [0.717, 1.165) is 23.3 Å². The minimum Gasteiger partial charge on any atom is -0.308 e. The van der Waals surface area contributed by atoms with Gasteiger partial charge in [0.05, 0.1) is 45.3 Å². The van der Waals surface area contributed by atoms with Crippen LogP contribution in [0.5, 0.6) is 0 Å². The van der Waals surface area contributed by atoms with Crippen molar-refractivity contribution < 1.29 is 35.9 Å². The Morgan fingerprint density at radius 3 is 1.04 bits per heavy atom. The van der Waals surface area contributed by atoms with Gasteiger partial charge >= 0.3 is 12.4 Å². The van der Waals surface area contributed by atoms with Gasteiger partial charge in [-0.05, 0) is 82.6 Å². The van der Waals surface area contributed by atoms with Crippen molar-refractivity contribution in [1.29, 1.82) is 0 Å². The Morgan fingerprint density at radius 2 is 0.768 bits per heavy atom. The Kier molecular flexibility index (Phi) is 9.25. The molecule has 7 rings (SSSR count). The van der Waals surface area contributed by atoms with Gasteiger partial charge in [-0.1, -0.05) is 90.1 Å². The summed E-state index contributed by atoms with van der Waals surface area (Å²) < 4.78 is 88.8. The van der Waals surface area contributed by atoms with Gasteiger partial charge in [0.25, 0.3) is 0 Å². The molecule has 2 aliphatic rings. The molecule has 0 N–H and O–H groups in total. The number of para-hydroxylation sites is 2. The fourth-order valence-corrected chi connectivity index (χ4v) is 6.84. The lowest BCUT2D eigenvalue weighted by atomic mass is 9.87. The van der Waals surface area contributed by atoms with E-state index in [9.17, 15) is 35.9 Å². The van der Waals surface area contributed by atoms with Gasteiger partial charge in [0.1, 0.15) is 13.1 Å². The molecule has 0 aliphatic carbocycles. The van der Waals surface area contributed by atoms with E-state index < -0.39 is 23.5 Å². The van der Waals surface area contributed by atoms with Crippen molar-refractivity contribution in [1.82, 2.24) is 0 Å². The largest absolute Gasteiger partial charge is 0.418 e. The lowest BCUT2D eigenvalue weighted by molar-refractivity contribution is -0.137. The number of anilines is 8. The van der Waals surface area contributed by atoms with E-state index >= 15 is 0 Å². The van der Waals surface area contributed by atoms with Crippen LogP contribution in [-0.4, -0.2) is 24.9 Å². The molecule has 2 fully saturated rings. The molecule has 56 heavy (non-hydrogen) atoms. The second-order valence-electron chi connectivity index (χ2n) is 16.1. The fourth-order valence-electron chi connectivity index (χ4n) is 6.84. The third-order valence-corrected chi connectivity index (χ3v) is 10.0. The molecule has 2 saturated heterocycles. The number of carbonyl (C=O) groups is 2. The minimum absolute atomic E-state index is 0.0778. The average molecular weight is 771 g/mol. The number of halogens is 6. The van der Waals surface area contributed by atoms with E-state index in [0.29, 0.717) is 11.4 Å². The molecule has 0 atom stereocenters. The number of benzene rings is 5. The van der Waals surface area contributed by atoms with E-state index in [-0.39, 0.29) is 69.9 Å². The smallest absolute Gasteiger partial charge is 0.308 e. The average Bonchev–Trinajstić information content (AvgIpc) is 4.05. The standard InChI is InChI=1S/C44H40F6N4O2/c1-41(2,3)27-15-19-29(20-16-27)53(33-13-9-7-11-31(33)43(45,46)47)37-23-36(52-26-40(52)56)38(24-35(37)51-25-39(51)55)54(30-21-17-28(18-22-30)42(4,5)6)34-14-10-8-12-32(34)44(48,49)50/h7-24H,25-26H2,1-6H3. The second kappa shape index (κ2) is 13.5. The fraction of sp³-hybridized carbons (Fsp3) is 0.273. The van der Waals surface area contributed by atoms with E-state index in [2.05, 4.69) is 0 Å². The summed E-state index contributed by atoms with van der Waals surface area (Å²) in [5.74, 6) is -0.673. The molecule has 5 aromatic rings. The summed E-state index contributed by atoms with van der Waals surface area (Å²) >= 11 is 0. The maximum Gasteiger partial charge on any atom is 0.418 e. The molecule has 5 aromatic carbocycles. The Bertz CT molecular complexity index is 2160. The summed E-state index contributed by atoms with van der Waals surface area (Å²) in [6.07, 6.45) is -9.57. The number of rotatable bonds is 8. The van der Waals surface area contributed by atoms with Crippen molar-refractivity contribution >= 4 is 57.3 Å². The van der Waals surface area contributed by atoms with Crippen LogP contribution in [0.25, 0.3) is 0 Å². The zero-order chi connectivity index (χ0) is 40.5. The minimum atomic E-state index is -4.79. The van der Waals surface area contributed by atoms with Crippen LogP contribution in [0, 0.1) is 0 Å². The molecule has 2 aliphatic heterocycles. The molecule has 0 bridgehead atoms. The van der Waals surface area contributed by atoms with Crippen LogP contribution in [0.3, 0.4) is 0 Å². The van der Waals surface area contributed by atoms with Crippen LogP contribution >= 0.6 is 0 Å². The van der Waals surface area contributed by atoms with Gasteiger partial charge in [0.15, 0.2) is 0 Å². The number of nitrogens with zero attached hydrogens (tertiary/aromatic N) is 4. The van der Waals surface area contributed by atoms with Crippen molar-refractivity contribution in [2.24, 2.45) is 0 Å². The van der Waals surface area contributed by atoms with Crippen LogP contribution < -0.4 is 19.6 Å². The molecule has 290 valence electrons. The summed E-state index contributed by atoms with van der Waals surface area (Å²) in [6.45, 7) is 11.9. The zero-order valence-corrected chi connectivity index (χ0v) is 31.7. The monoisotopic (exact) mass is 770 g/mol. The summed E-state index contributed by atoms with van der Waals surface area (Å²) in [7, 11) is 0. The second-order valence-corrected chi connectivity index (χ2v) is 16.1. The molecule has 6 nitrogen and oxygen atoms in total. The lowest BCUT2D eigenvalue weighted by Crippen LogP contribution is -2.21. The molecule has 0 spiro atoms. The van der Waals surface area contributed by atoms with Crippen molar-refractivity contribution in [2.45, 2.75) is 64.7 Å². The van der Waals surface area contributed by atoms with Gasteiger partial charge in [-0.3, -0.25) is 19.4 Å². The normalized spacial score (nSPS) is 14.6. The molecule has 2 amide bonds. The molecule has 0 aromatic heterocycles. The van der Waals surface area contributed by atoms with Crippen molar-refractivity contribution in [3.05, 3.63) is 131 Å². The molecule has 0 unspecified atom stereocenters. The summed E-state index contributed by atoms with van der Waals surface area (Å²) in [4.78, 5) is 31.6. The maximum absolute atomic E-state index is 14.8. The number of carbonyl (C=O) groups excluding carboxylic acids is 2. The Hall–Kier alpha value is -5.78. The van der Waals surface area contributed by atoms with Gasteiger partial charge in [-0.2, -0.15) is 26.3 Å². The van der Waals surface area contributed by atoms with E-state index in [1.54, 1.807) is 24.3 Å². The third kappa shape index (κ3) is 7.44. The topological polar surface area (TPSA) is 46.6 Å². The SMILES string of the molecule is CC(C)(C)c1ccc(N(c2cc(N3CC3=O)c(N(c3ccc(C(C)(C)C)cc3)c3ccccc3C(F)(F)F)cc2N2CC2=O)c2ccccc2C(F)(F)F)cc1. The Balaban J connectivity index is 1.55. The van der Waals surface area contributed by atoms with Crippen molar-refractivity contribution in [2.75, 3.05) is 32.7 Å². The highest BCUT2D eigenvalue weighted by atomic mass is 19.4. The lowest BCUT2D eigenvalue weighted by Gasteiger charge is -2.34. The number of hydrogen-bond donors (Lipinski definition) is 0. The third-order valence-electron chi connectivity index (χ3n) is 10.0. The van der Waals surface area contributed by atoms with Crippen LogP contribution in [0.15, 0.2) is 109 Å². The quantitative estimate of drug-likeness (QED) is 0.116. The van der Waals surface area contributed by atoms with Gasteiger partial charge in [-0.25, -0.2) is 0 Å². The first-order valence-corrected chi connectivity index (χ1v) is 18.1. The predicted molar refractivity (Wildman–Crippen MR) is 208 cm³/mol. The molecule has 0 saturated carbocycles. The highest BCUT2D eigenvalue weighted by molar-refractivity contribution is 6.18. The molecular formula is C44H40F6N4O2. The van der Waals surface area contributed by atoms with Crippen molar-refractivity contribution in [3.8, 4) is 0 Å². The Labute approximate surface area is 321 Å². The summed E-state index contributed by atoms with van der Waals surface area (Å²) in [5, 5.41) is 0. The molecule has 12 heteroatoms. The van der Waals surface area contributed by atoms with Crippen LogP contribution in [-0.2, 0) is 32.8 Å². The maximum atomic E-state index is 14.8.